The Morgan fingerprint density at radius 3 is 1.99 bits per heavy atom. The number of amides is 7. The van der Waals surface area contributed by atoms with Crippen LogP contribution in [0.3, 0.4) is 0 Å². The van der Waals surface area contributed by atoms with E-state index in [1.54, 1.807) is 19.2 Å². The summed E-state index contributed by atoms with van der Waals surface area (Å²) < 4.78 is 25.2. The van der Waals surface area contributed by atoms with Crippen molar-refractivity contribution in [2.75, 3.05) is 60.2 Å². The molecule has 4 aromatic rings. The number of unbranched alkanes of at least 4 members (excludes halogenated alkanes) is 9. The van der Waals surface area contributed by atoms with E-state index in [2.05, 4.69) is 51.5 Å². The lowest BCUT2D eigenvalue weighted by Crippen LogP contribution is -2.64. The number of carbonyl (C=O) groups is 8. The molecule has 0 bridgehead atoms. The number of carbonyl (C=O) groups excluding carboxylic acids is 8. The second-order valence-corrected chi connectivity index (χ2v) is 27.1. The Bertz CT molecular complexity index is 3360. The number of aliphatic hydroxyl groups is 6. The molecule has 7 rings (SSSR count). The molecule has 0 unspecified atom stereocenters. The van der Waals surface area contributed by atoms with Crippen LogP contribution in [0.25, 0.3) is 21.1 Å². The van der Waals surface area contributed by atoms with Crippen LogP contribution in [0, 0.1) is 5.92 Å². The van der Waals surface area contributed by atoms with Crippen molar-refractivity contribution in [2.24, 2.45) is 5.92 Å². The van der Waals surface area contributed by atoms with E-state index < -0.39 is 158 Å². The van der Waals surface area contributed by atoms with Gasteiger partial charge in [-0.3, -0.25) is 38.4 Å². The summed E-state index contributed by atoms with van der Waals surface area (Å²) in [6.07, 6.45) is -1.77. The van der Waals surface area contributed by atoms with Crippen LogP contribution in [0.15, 0.2) is 66.7 Å². The number of nitrogens with one attached hydrogen (secondary N) is 6. The number of phenolic OH excluding ortho intramolecular Hbond substituents is 1. The predicted octanol–water partition coefficient (Wildman–Crippen LogP) is 1.75. The van der Waals surface area contributed by atoms with Crippen LogP contribution in [-0.4, -0.2) is 241 Å². The number of rotatable bonds is 34. The average molecular weight is 1470 g/mol. The molecule has 1 aromatic heterocycles. The number of fused-ring (bicyclic) bond motifs is 2. The molecule has 0 spiro atoms. The van der Waals surface area contributed by atoms with Crippen molar-refractivity contribution in [1.29, 1.82) is 0 Å². The highest BCUT2D eigenvalue weighted by atomic mass is 32.2. The van der Waals surface area contributed by atoms with Crippen LogP contribution in [0.5, 0.6) is 17.2 Å². The normalized spacial score (nSPS) is 23.4. The maximum atomic E-state index is 15.2. The molecule has 32 nitrogen and oxygen atoms in total. The molecular weight excluding hydrogens is 1370 g/mol. The monoisotopic (exact) mass is 1470 g/mol. The molecule has 14 N–H and O–H groups in total. The van der Waals surface area contributed by atoms with Gasteiger partial charge in [0.15, 0.2) is 11.5 Å². The molecule has 3 aliphatic heterocycles. The number of phenols is 1. The third-order valence-corrected chi connectivity index (χ3v) is 19.3. The molecule has 0 aliphatic carbocycles. The number of benzene rings is 3. The van der Waals surface area contributed by atoms with Gasteiger partial charge in [0, 0.05) is 81.6 Å². The van der Waals surface area contributed by atoms with Crippen LogP contribution >= 0.6 is 23.7 Å². The number of hydrogen-bond donors (Lipinski definition) is 14. The standard InChI is InChI=1S/C68H96N10O22S2/c1-39-37-78-58(59(39)86)64(91)70-36-45(80)34-48(71-60(87)42-18-20-43(21-19-42)65-75-76-66(101-65)44-22-24-47(25-23-44)97-31-15-11-7-10-14-30-95-3)61(88)72-55(40(2)79)67(92)77-38-46(81)35-49(77)62(89)73-56(52(84)32-41-17-26-50(82)53(33-41)98-102-100-99-94)63(90)74-57(68(78)93)51(83)27-29-69-28-13-9-6-5-8-12-16-54(85)96-4/h17-26,33,39-40,45-46,48-49,51-52,55-59,69,79-84,86,94H,5-16,27-32,34-38H2,1-4H3,(H,70,91)(H,71,87)(H,72,88)(H,73,89)(H,74,90)/t39-,40-,45+,46-,48+,49+,51-,52-,55+,56+,57+,58+,59+/m1/s1. The summed E-state index contributed by atoms with van der Waals surface area (Å²) in [5.74, 6) is -8.85. The van der Waals surface area contributed by atoms with Crippen molar-refractivity contribution >= 4 is 71.0 Å². The quantitative estimate of drug-likeness (QED) is 0.0104. The van der Waals surface area contributed by atoms with Gasteiger partial charge in [-0.25, -0.2) is 5.26 Å². The fourth-order valence-electron chi connectivity index (χ4n) is 12.2. The van der Waals surface area contributed by atoms with E-state index in [1.165, 1.54) is 49.6 Å². The minimum atomic E-state index is -2.12. The van der Waals surface area contributed by atoms with Crippen LogP contribution in [-0.2, 0) is 58.8 Å². The Hall–Kier alpha value is -7.71. The number of aromatic hydroxyl groups is 1. The SMILES string of the molecule is COCCCCCCCOc1ccc(-c2nnc(-c3ccc(C(=O)N[C@H]4C[C@H](O)CNC(=O)[C@@H]5[C@@H](O)[C@H](C)CN5C(=O)[C@H]([C@H](O)CCNCCCCCCCCC(=O)OC)NC(=O)[C@H]([C@H](O)Cc5ccc(O)c(OSOOO)c5)NC(=O)[C@@H]5C[C@@H](O)CN5C(=O)[C@H]([C@@H](C)O)NC4=O)cc3)s2)cc1. The van der Waals surface area contributed by atoms with Gasteiger partial charge in [0.25, 0.3) is 18.2 Å². The third kappa shape index (κ3) is 24.2. The largest absolute Gasteiger partial charge is 0.504 e. The average Bonchev–Trinajstić information content (AvgIpc) is 1.61. The third-order valence-electron chi connectivity index (χ3n) is 17.9. The van der Waals surface area contributed by atoms with Crippen molar-refractivity contribution in [1.82, 2.24) is 51.9 Å². The maximum Gasteiger partial charge on any atom is 0.305 e. The van der Waals surface area contributed by atoms with Crippen molar-refractivity contribution in [3.63, 3.8) is 0 Å². The Morgan fingerprint density at radius 2 is 1.32 bits per heavy atom. The number of hydrogen-bond acceptors (Lipinski definition) is 27. The molecule has 3 fully saturated rings. The van der Waals surface area contributed by atoms with Gasteiger partial charge in [0.05, 0.1) is 50.3 Å². The highest BCUT2D eigenvalue weighted by molar-refractivity contribution is 7.90. The predicted molar refractivity (Wildman–Crippen MR) is 369 cm³/mol. The molecule has 7 amide bonds. The van der Waals surface area contributed by atoms with Crippen molar-refractivity contribution < 1.29 is 107 Å². The molecule has 3 aliphatic rings. The first-order valence-corrected chi connectivity index (χ1v) is 35.8. The van der Waals surface area contributed by atoms with Crippen LogP contribution in [0.2, 0.25) is 0 Å². The minimum Gasteiger partial charge on any atom is -0.504 e. The zero-order valence-electron chi connectivity index (χ0n) is 57.5. The molecule has 0 radical (unpaired) electrons. The zero-order valence-corrected chi connectivity index (χ0v) is 59.2. The molecule has 34 heteroatoms. The highest BCUT2D eigenvalue weighted by Gasteiger charge is 2.50. The fraction of sp³-hybridized carbons (Fsp3) is 0.588. The van der Waals surface area contributed by atoms with E-state index >= 15 is 9.59 Å². The molecule has 562 valence electrons. The second kappa shape index (κ2) is 41.5. The number of nitrogens with zero attached hydrogens (tertiary/aromatic N) is 4. The molecule has 102 heavy (non-hydrogen) atoms. The smallest absolute Gasteiger partial charge is 0.305 e. The summed E-state index contributed by atoms with van der Waals surface area (Å²) in [4.78, 5) is 116. The van der Waals surface area contributed by atoms with E-state index in [0.29, 0.717) is 41.6 Å². The van der Waals surface area contributed by atoms with Gasteiger partial charge in [-0.2, -0.15) is 0 Å². The van der Waals surface area contributed by atoms with Gasteiger partial charge in [0.1, 0.15) is 52.0 Å². The molecular formula is C68H96N10O22S2. The van der Waals surface area contributed by atoms with Gasteiger partial charge >= 0.3 is 5.97 Å². The topological polar surface area (TPSA) is 458 Å². The number of aromatic nitrogens is 2. The molecule has 0 saturated carbocycles. The van der Waals surface area contributed by atoms with Gasteiger partial charge < -0.3 is 95.8 Å². The molecule has 4 heterocycles. The second-order valence-electron chi connectivity index (χ2n) is 25.7. The van der Waals surface area contributed by atoms with Crippen molar-refractivity contribution in [2.45, 2.75) is 189 Å². The van der Waals surface area contributed by atoms with Gasteiger partial charge in [-0.1, -0.05) is 90.8 Å². The first-order chi connectivity index (χ1) is 49.0. The van der Waals surface area contributed by atoms with E-state index in [4.69, 9.17) is 23.7 Å². The van der Waals surface area contributed by atoms with Crippen LogP contribution in [0.4, 0.5) is 0 Å². The van der Waals surface area contributed by atoms with E-state index in [1.807, 2.05) is 24.3 Å². The van der Waals surface area contributed by atoms with Crippen molar-refractivity contribution in [3.05, 3.63) is 77.9 Å². The van der Waals surface area contributed by atoms with E-state index in [0.717, 1.165) is 105 Å². The number of methoxy groups -OCH3 is 2. The highest BCUT2D eigenvalue weighted by Crippen LogP contribution is 2.34. The lowest BCUT2D eigenvalue weighted by atomic mass is 9.98. The summed E-state index contributed by atoms with van der Waals surface area (Å²) >= 11 is 1.38. The Balaban J connectivity index is 1.14. The number of β-amino-alcohol motifs (C(OH)–C–C–N with tert-alkyl or cyclic N) is 1. The van der Waals surface area contributed by atoms with Gasteiger partial charge in [-0.15, -0.1) is 10.2 Å². The Labute approximate surface area is 599 Å². The maximum absolute atomic E-state index is 15.2. The summed E-state index contributed by atoms with van der Waals surface area (Å²) in [7, 11) is 3.03. The summed E-state index contributed by atoms with van der Waals surface area (Å²) in [5, 5.41) is 118. The fourth-order valence-corrected chi connectivity index (χ4v) is 13.3. The van der Waals surface area contributed by atoms with Crippen LogP contribution in [0.1, 0.15) is 126 Å². The lowest BCUT2D eigenvalue weighted by Gasteiger charge is -2.34. The minimum absolute atomic E-state index is 0.0186. The Kier molecular flexibility index (Phi) is 33.2. The van der Waals surface area contributed by atoms with E-state index in [-0.39, 0.29) is 54.7 Å². The Morgan fingerprint density at radius 1 is 0.696 bits per heavy atom. The molecule has 3 aromatic carbocycles. The van der Waals surface area contributed by atoms with E-state index in [9.17, 15) is 64.5 Å². The lowest BCUT2D eigenvalue weighted by molar-refractivity contribution is -0.433. The van der Waals surface area contributed by atoms with Gasteiger partial charge in [0.2, 0.25) is 35.4 Å². The van der Waals surface area contributed by atoms with Crippen LogP contribution < -0.4 is 40.8 Å². The number of ether oxygens (including phenoxy) is 3. The molecule has 3 saturated heterocycles. The summed E-state index contributed by atoms with van der Waals surface area (Å²) in [5.41, 5.74) is 1.54. The zero-order chi connectivity index (χ0) is 73.8. The molecule has 13 atom stereocenters. The summed E-state index contributed by atoms with van der Waals surface area (Å²) in [6.45, 7) is 3.01. The number of aliphatic hydroxyl groups excluding tert-OH is 6. The van der Waals surface area contributed by atoms with Crippen molar-refractivity contribution in [3.8, 4) is 38.4 Å². The first kappa shape index (κ1) is 81.6. The number of esters is 1. The summed E-state index contributed by atoms with van der Waals surface area (Å²) in [6, 6.07) is 6.02. The van der Waals surface area contributed by atoms with Gasteiger partial charge in [-0.05, 0) is 106 Å². The first-order valence-electron chi connectivity index (χ1n) is 34.3.